The largest absolute Gasteiger partial charge is 0.490 e. The summed E-state index contributed by atoms with van der Waals surface area (Å²) in [4.78, 5) is 0. The van der Waals surface area contributed by atoms with Gasteiger partial charge in [-0.3, -0.25) is 0 Å². The lowest BCUT2D eigenvalue weighted by atomic mass is 10.1. The molecule has 0 aromatic heterocycles. The van der Waals surface area contributed by atoms with Crippen molar-refractivity contribution in [1.82, 2.24) is 0 Å². The molecule has 2 aromatic carbocycles. The van der Waals surface area contributed by atoms with Crippen molar-refractivity contribution in [2.45, 2.75) is 20.8 Å². The van der Waals surface area contributed by atoms with Gasteiger partial charge in [-0.1, -0.05) is 28.1 Å². The van der Waals surface area contributed by atoms with Crippen molar-refractivity contribution in [3.05, 3.63) is 52.0 Å². The van der Waals surface area contributed by atoms with E-state index in [0.29, 0.717) is 19.8 Å². The maximum atomic E-state index is 5.86. The highest BCUT2D eigenvalue weighted by Crippen LogP contribution is 2.28. The van der Waals surface area contributed by atoms with E-state index >= 15 is 0 Å². The van der Waals surface area contributed by atoms with Crippen molar-refractivity contribution in [3.63, 3.8) is 0 Å². The fourth-order valence-corrected chi connectivity index (χ4v) is 2.95. The van der Waals surface area contributed by atoms with Gasteiger partial charge in [-0.15, -0.1) is 0 Å². The summed E-state index contributed by atoms with van der Waals surface area (Å²) in [6, 6.07) is 11.8. The molecule has 0 atom stereocenters. The van der Waals surface area contributed by atoms with Gasteiger partial charge in [-0.05, 0) is 56.2 Å². The van der Waals surface area contributed by atoms with Gasteiger partial charge in [0.1, 0.15) is 19.0 Å². The van der Waals surface area contributed by atoms with Crippen LogP contribution in [0.4, 0.5) is 0 Å². The summed E-state index contributed by atoms with van der Waals surface area (Å²) in [5, 5.41) is 0. The Bertz CT molecular complexity index is 602. The third kappa shape index (κ3) is 4.41. The molecular weight excluding hydrogens is 344 g/mol. The number of halogens is 1. The second-order valence-corrected chi connectivity index (χ2v) is 5.86. The summed E-state index contributed by atoms with van der Waals surface area (Å²) in [7, 11) is 0. The summed E-state index contributed by atoms with van der Waals surface area (Å²) in [5.74, 6) is 2.43. The van der Waals surface area contributed by atoms with Gasteiger partial charge in [0, 0.05) is 4.47 Å². The summed E-state index contributed by atoms with van der Waals surface area (Å²) >= 11 is 3.49. The first-order valence-electron chi connectivity index (χ1n) is 7.36. The normalized spacial score (nSPS) is 10.4. The van der Waals surface area contributed by atoms with Crippen molar-refractivity contribution in [1.29, 1.82) is 0 Å². The number of hydrogen-bond donors (Lipinski definition) is 0. The quantitative estimate of drug-likeness (QED) is 0.652. The van der Waals surface area contributed by atoms with Crippen LogP contribution in [-0.4, -0.2) is 19.8 Å². The van der Waals surface area contributed by atoms with E-state index in [2.05, 4.69) is 15.9 Å². The minimum absolute atomic E-state index is 0.471. The first-order chi connectivity index (χ1) is 10.6. The Hall–Kier alpha value is -1.68. The molecule has 3 nitrogen and oxygen atoms in total. The van der Waals surface area contributed by atoms with E-state index in [4.69, 9.17) is 14.2 Å². The number of benzene rings is 2. The molecule has 0 heterocycles. The third-order valence-electron chi connectivity index (χ3n) is 3.16. The molecule has 0 aliphatic carbocycles. The van der Waals surface area contributed by atoms with Gasteiger partial charge in [0.25, 0.3) is 0 Å². The fourth-order valence-electron chi connectivity index (χ4n) is 2.26. The number of aryl methyl sites for hydroxylation is 2. The highest BCUT2D eigenvalue weighted by atomic mass is 79.9. The molecule has 0 saturated carbocycles. The van der Waals surface area contributed by atoms with E-state index < -0.39 is 0 Å². The predicted molar refractivity (Wildman–Crippen MR) is 92.2 cm³/mol. The van der Waals surface area contributed by atoms with Gasteiger partial charge < -0.3 is 14.2 Å². The molecule has 0 aliphatic rings. The second kappa shape index (κ2) is 8.08. The molecule has 4 heteroatoms. The average Bonchev–Trinajstić information content (AvgIpc) is 2.47. The zero-order valence-electron chi connectivity index (χ0n) is 13.2. The van der Waals surface area contributed by atoms with Crippen molar-refractivity contribution in [2.24, 2.45) is 0 Å². The second-order valence-electron chi connectivity index (χ2n) is 4.95. The molecule has 0 radical (unpaired) electrons. The molecule has 0 bridgehead atoms. The minimum Gasteiger partial charge on any atom is -0.490 e. The average molecular weight is 365 g/mol. The molecule has 0 unspecified atom stereocenters. The molecule has 0 aliphatic heterocycles. The van der Waals surface area contributed by atoms with Gasteiger partial charge >= 0.3 is 0 Å². The maximum absolute atomic E-state index is 5.86. The van der Waals surface area contributed by atoms with E-state index in [9.17, 15) is 0 Å². The van der Waals surface area contributed by atoms with Crippen LogP contribution >= 0.6 is 15.9 Å². The number of para-hydroxylation sites is 2. The maximum Gasteiger partial charge on any atom is 0.161 e. The Labute approximate surface area is 140 Å². The number of ether oxygens (including phenoxy) is 3. The Morgan fingerprint density at radius 1 is 0.864 bits per heavy atom. The Morgan fingerprint density at radius 3 is 2.00 bits per heavy atom. The SMILES string of the molecule is CCOc1ccccc1OCCOc1c(C)cc(Br)cc1C. The molecule has 22 heavy (non-hydrogen) atoms. The van der Waals surface area contributed by atoms with Crippen LogP contribution < -0.4 is 14.2 Å². The van der Waals surface area contributed by atoms with Gasteiger partial charge in [0.15, 0.2) is 11.5 Å². The topological polar surface area (TPSA) is 27.7 Å². The zero-order valence-corrected chi connectivity index (χ0v) is 14.8. The highest BCUT2D eigenvalue weighted by molar-refractivity contribution is 9.10. The summed E-state index contributed by atoms with van der Waals surface area (Å²) in [5.41, 5.74) is 2.23. The molecule has 0 spiro atoms. The highest BCUT2D eigenvalue weighted by Gasteiger charge is 2.07. The van der Waals surface area contributed by atoms with E-state index in [-0.39, 0.29) is 0 Å². The monoisotopic (exact) mass is 364 g/mol. The van der Waals surface area contributed by atoms with Gasteiger partial charge in [-0.2, -0.15) is 0 Å². The molecule has 0 fully saturated rings. The lowest BCUT2D eigenvalue weighted by molar-refractivity contribution is 0.207. The van der Waals surface area contributed by atoms with Crippen LogP contribution in [0.2, 0.25) is 0 Å². The minimum atomic E-state index is 0.471. The summed E-state index contributed by atoms with van der Waals surface area (Å²) in [6.45, 7) is 7.62. The lowest BCUT2D eigenvalue weighted by Crippen LogP contribution is -2.11. The van der Waals surface area contributed by atoms with E-state index in [1.807, 2.05) is 57.2 Å². The molecular formula is C18H21BrO3. The van der Waals surface area contributed by atoms with E-state index in [1.165, 1.54) is 0 Å². The number of hydrogen-bond acceptors (Lipinski definition) is 3. The molecule has 2 aromatic rings. The fraction of sp³-hybridized carbons (Fsp3) is 0.333. The Kier molecular flexibility index (Phi) is 6.13. The lowest BCUT2D eigenvalue weighted by Gasteiger charge is -2.14. The van der Waals surface area contributed by atoms with Crippen LogP contribution in [0, 0.1) is 13.8 Å². The van der Waals surface area contributed by atoms with Crippen LogP contribution in [0.15, 0.2) is 40.9 Å². The van der Waals surface area contributed by atoms with Gasteiger partial charge in [0.2, 0.25) is 0 Å². The van der Waals surface area contributed by atoms with Gasteiger partial charge in [0.05, 0.1) is 6.61 Å². The van der Waals surface area contributed by atoms with E-state index in [1.54, 1.807) is 0 Å². The zero-order chi connectivity index (χ0) is 15.9. The van der Waals surface area contributed by atoms with Crippen LogP contribution in [0.25, 0.3) is 0 Å². The first kappa shape index (κ1) is 16.7. The van der Waals surface area contributed by atoms with Crippen LogP contribution in [0.3, 0.4) is 0 Å². The van der Waals surface area contributed by atoms with Crippen LogP contribution in [-0.2, 0) is 0 Å². The van der Waals surface area contributed by atoms with Crippen molar-refractivity contribution in [3.8, 4) is 17.2 Å². The molecule has 0 N–H and O–H groups in total. The van der Waals surface area contributed by atoms with Crippen molar-refractivity contribution >= 4 is 15.9 Å². The molecule has 2 rings (SSSR count). The van der Waals surface area contributed by atoms with Crippen molar-refractivity contribution < 1.29 is 14.2 Å². The molecule has 0 saturated heterocycles. The standard InChI is InChI=1S/C18H21BrO3/c1-4-20-16-7-5-6-8-17(16)21-9-10-22-18-13(2)11-15(19)12-14(18)3/h5-8,11-12H,4,9-10H2,1-3H3. The predicted octanol–water partition coefficient (Wildman–Crippen LogP) is 4.92. The van der Waals surface area contributed by atoms with Crippen LogP contribution in [0.5, 0.6) is 17.2 Å². The summed E-state index contributed by atoms with van der Waals surface area (Å²) in [6.07, 6.45) is 0. The Morgan fingerprint density at radius 2 is 1.41 bits per heavy atom. The Balaban J connectivity index is 1.90. The van der Waals surface area contributed by atoms with E-state index in [0.717, 1.165) is 32.8 Å². The summed E-state index contributed by atoms with van der Waals surface area (Å²) < 4.78 is 18.2. The van der Waals surface area contributed by atoms with Crippen LogP contribution in [0.1, 0.15) is 18.1 Å². The molecule has 0 amide bonds. The molecule has 118 valence electrons. The number of rotatable bonds is 7. The van der Waals surface area contributed by atoms with Gasteiger partial charge in [-0.25, -0.2) is 0 Å². The third-order valence-corrected chi connectivity index (χ3v) is 3.62. The van der Waals surface area contributed by atoms with Crippen molar-refractivity contribution in [2.75, 3.05) is 19.8 Å². The smallest absolute Gasteiger partial charge is 0.161 e. The first-order valence-corrected chi connectivity index (χ1v) is 8.15.